The summed E-state index contributed by atoms with van der Waals surface area (Å²) in [6.45, 7) is 1.29. The van der Waals surface area contributed by atoms with Gasteiger partial charge in [-0.3, -0.25) is 14.1 Å². The molecule has 4 N–H and O–H groups in total. The molecule has 11 nitrogen and oxygen atoms in total. The second kappa shape index (κ2) is 11.1. The first kappa shape index (κ1) is 26.7. The van der Waals surface area contributed by atoms with Gasteiger partial charge < -0.3 is 25.3 Å². The zero-order valence-corrected chi connectivity index (χ0v) is 21.6. The number of amides is 1. The van der Waals surface area contributed by atoms with Gasteiger partial charge in [0.1, 0.15) is 24.3 Å². The summed E-state index contributed by atoms with van der Waals surface area (Å²) in [6.07, 6.45) is 4.69. The van der Waals surface area contributed by atoms with Crippen molar-refractivity contribution in [3.8, 4) is 0 Å². The predicted molar refractivity (Wildman–Crippen MR) is 136 cm³/mol. The molecule has 1 aromatic carbocycles. The lowest BCUT2D eigenvalue weighted by Gasteiger charge is -2.29. The minimum absolute atomic E-state index is 0.180. The summed E-state index contributed by atoms with van der Waals surface area (Å²) in [7, 11) is -4.55. The van der Waals surface area contributed by atoms with E-state index in [1.54, 1.807) is 18.2 Å². The standard InChI is InChI=1S/C25H31FN5O6P/c26-9-17-7-15(1-2-16(17)14-32)10-27-23-22(11-28-25(30-23)31-12-18-8-19(18)13-31)24(33)29-20-3-5-21(6-4-20)37-38(34,35)36/h1-2,7,11,14,18-21H,3-6,8-10,12-13H2,(H,29,33)(H,27,28,30)(H2,34,35,36). The summed E-state index contributed by atoms with van der Waals surface area (Å²) in [5, 5.41) is 6.18. The van der Waals surface area contributed by atoms with Crippen LogP contribution >= 0.6 is 7.82 Å². The number of fused-ring (bicyclic) bond motifs is 1. The molecule has 204 valence electrons. The normalized spacial score (nSPS) is 24.6. The number of nitrogens with zero attached hydrogens (tertiary/aromatic N) is 3. The lowest BCUT2D eigenvalue weighted by Crippen LogP contribution is -2.39. The number of aldehydes is 1. The molecule has 13 heteroatoms. The molecular weight excluding hydrogens is 516 g/mol. The molecule has 3 aliphatic rings. The van der Waals surface area contributed by atoms with E-state index in [2.05, 4.69) is 25.5 Å². The maximum atomic E-state index is 13.4. The first-order chi connectivity index (χ1) is 18.2. The molecule has 2 atom stereocenters. The fourth-order valence-electron chi connectivity index (χ4n) is 5.34. The van der Waals surface area contributed by atoms with E-state index in [-0.39, 0.29) is 24.1 Å². The lowest BCUT2D eigenvalue weighted by atomic mass is 9.93. The summed E-state index contributed by atoms with van der Waals surface area (Å²) in [5.74, 6) is 1.90. The zero-order valence-electron chi connectivity index (χ0n) is 20.8. The molecule has 2 aromatic rings. The number of carbonyl (C=O) groups is 2. The van der Waals surface area contributed by atoms with E-state index in [1.165, 1.54) is 12.6 Å². The fraction of sp³-hybridized carbons (Fsp3) is 0.520. The number of carbonyl (C=O) groups excluding carboxylic acids is 2. The third kappa shape index (κ3) is 6.37. The van der Waals surface area contributed by atoms with Crippen LogP contribution in [0.3, 0.4) is 0 Å². The summed E-state index contributed by atoms with van der Waals surface area (Å²) in [6, 6.07) is 4.73. The largest absolute Gasteiger partial charge is 0.469 e. The number of rotatable bonds is 10. The van der Waals surface area contributed by atoms with Gasteiger partial charge in [0.25, 0.3) is 5.91 Å². The minimum atomic E-state index is -4.55. The molecule has 2 unspecified atom stereocenters. The number of halogens is 1. The van der Waals surface area contributed by atoms with E-state index in [4.69, 9.17) is 14.3 Å². The Morgan fingerprint density at radius 1 is 1.21 bits per heavy atom. The van der Waals surface area contributed by atoms with E-state index in [9.17, 15) is 18.5 Å². The van der Waals surface area contributed by atoms with Gasteiger partial charge in [-0.15, -0.1) is 0 Å². The first-order valence-electron chi connectivity index (χ1n) is 12.8. The molecule has 3 fully saturated rings. The van der Waals surface area contributed by atoms with Gasteiger partial charge in [-0.05, 0) is 55.1 Å². The Morgan fingerprint density at radius 2 is 1.95 bits per heavy atom. The number of anilines is 2. The number of alkyl halides is 1. The van der Waals surface area contributed by atoms with Gasteiger partial charge in [0.05, 0.1) is 6.10 Å². The SMILES string of the molecule is O=Cc1ccc(CNc2nc(N3CC4CC4C3)ncc2C(=O)NC2CCC(OP(=O)(O)O)CC2)cc1CF. The summed E-state index contributed by atoms with van der Waals surface area (Å²) < 4.78 is 29.3. The van der Waals surface area contributed by atoms with Crippen molar-refractivity contribution in [3.05, 3.63) is 46.6 Å². The zero-order chi connectivity index (χ0) is 26.9. The van der Waals surface area contributed by atoms with Crippen LogP contribution in [0.4, 0.5) is 16.2 Å². The van der Waals surface area contributed by atoms with Gasteiger partial charge in [0.2, 0.25) is 5.95 Å². The van der Waals surface area contributed by atoms with Gasteiger partial charge in [0, 0.05) is 37.4 Å². The molecule has 0 spiro atoms. The van der Waals surface area contributed by atoms with Gasteiger partial charge in [-0.1, -0.05) is 18.2 Å². The number of piperidine rings is 1. The molecule has 5 rings (SSSR count). The van der Waals surface area contributed by atoms with Crippen molar-refractivity contribution in [1.82, 2.24) is 15.3 Å². The number of phosphoric ester groups is 1. The van der Waals surface area contributed by atoms with Crippen LogP contribution in [0.1, 0.15) is 63.9 Å². The molecule has 0 bridgehead atoms. The molecule has 0 radical (unpaired) electrons. The highest BCUT2D eigenvalue weighted by molar-refractivity contribution is 7.46. The number of benzene rings is 1. The Hall–Kier alpha value is -2.92. The summed E-state index contributed by atoms with van der Waals surface area (Å²) in [5.41, 5.74) is 1.60. The van der Waals surface area contributed by atoms with Crippen LogP contribution in [0, 0.1) is 11.8 Å². The predicted octanol–water partition coefficient (Wildman–Crippen LogP) is 2.98. The Balaban J connectivity index is 1.29. The van der Waals surface area contributed by atoms with Crippen molar-refractivity contribution in [2.45, 2.75) is 57.5 Å². The Labute approximate surface area is 219 Å². The second-order valence-electron chi connectivity index (χ2n) is 10.3. The maximum Gasteiger partial charge on any atom is 0.469 e. The Kier molecular flexibility index (Phi) is 7.76. The summed E-state index contributed by atoms with van der Waals surface area (Å²) >= 11 is 0. The van der Waals surface area contributed by atoms with Crippen LogP contribution in [-0.2, 0) is 22.3 Å². The molecule has 1 saturated heterocycles. The number of hydrogen-bond donors (Lipinski definition) is 4. The quantitative estimate of drug-likeness (QED) is 0.258. The van der Waals surface area contributed by atoms with Crippen LogP contribution in [-0.4, -0.2) is 57.2 Å². The maximum absolute atomic E-state index is 13.4. The third-order valence-corrected chi connectivity index (χ3v) is 8.09. The van der Waals surface area contributed by atoms with E-state index < -0.39 is 20.6 Å². The van der Waals surface area contributed by atoms with Crippen molar-refractivity contribution in [2.24, 2.45) is 11.8 Å². The van der Waals surface area contributed by atoms with Gasteiger partial charge in [-0.2, -0.15) is 4.98 Å². The molecule has 2 heterocycles. The van der Waals surface area contributed by atoms with Crippen molar-refractivity contribution in [3.63, 3.8) is 0 Å². The Morgan fingerprint density at radius 3 is 2.61 bits per heavy atom. The average Bonchev–Trinajstić information content (AvgIpc) is 3.51. The van der Waals surface area contributed by atoms with Crippen molar-refractivity contribution in [2.75, 3.05) is 23.3 Å². The Bertz CT molecular complexity index is 1240. The highest BCUT2D eigenvalue weighted by Crippen LogP contribution is 2.45. The van der Waals surface area contributed by atoms with Gasteiger partial charge >= 0.3 is 7.82 Å². The number of hydrogen-bond acceptors (Lipinski definition) is 8. The molecule has 1 aliphatic heterocycles. The number of nitrogens with one attached hydrogen (secondary N) is 2. The van der Waals surface area contributed by atoms with Crippen molar-refractivity contribution < 1.29 is 32.9 Å². The van der Waals surface area contributed by atoms with Crippen LogP contribution in [0.2, 0.25) is 0 Å². The molecular formula is C25H31FN5O6P. The van der Waals surface area contributed by atoms with E-state index in [0.29, 0.717) is 66.7 Å². The molecule has 1 amide bonds. The molecule has 1 aromatic heterocycles. The third-order valence-electron chi connectivity index (χ3n) is 7.52. The number of aromatic nitrogens is 2. The van der Waals surface area contributed by atoms with Crippen LogP contribution < -0.4 is 15.5 Å². The van der Waals surface area contributed by atoms with Crippen LogP contribution in [0.5, 0.6) is 0 Å². The van der Waals surface area contributed by atoms with Gasteiger partial charge in [0.15, 0.2) is 0 Å². The minimum Gasteiger partial charge on any atom is -0.365 e. The monoisotopic (exact) mass is 547 g/mol. The topological polar surface area (TPSA) is 154 Å². The average molecular weight is 548 g/mol. The number of phosphoric acid groups is 1. The molecule has 38 heavy (non-hydrogen) atoms. The lowest BCUT2D eigenvalue weighted by molar-refractivity contribution is 0.0820. The van der Waals surface area contributed by atoms with E-state index >= 15 is 0 Å². The molecule has 2 saturated carbocycles. The second-order valence-corrected chi connectivity index (χ2v) is 11.5. The van der Waals surface area contributed by atoms with E-state index in [0.717, 1.165) is 18.7 Å². The van der Waals surface area contributed by atoms with Crippen molar-refractivity contribution in [1.29, 1.82) is 0 Å². The fourth-order valence-corrected chi connectivity index (χ4v) is 5.94. The molecule has 2 aliphatic carbocycles. The van der Waals surface area contributed by atoms with Crippen LogP contribution in [0.15, 0.2) is 24.4 Å². The first-order valence-corrected chi connectivity index (χ1v) is 14.3. The highest BCUT2D eigenvalue weighted by Gasteiger charge is 2.46. The summed E-state index contributed by atoms with van der Waals surface area (Å²) in [4.78, 5) is 53.7. The van der Waals surface area contributed by atoms with Crippen molar-refractivity contribution >= 4 is 31.8 Å². The smallest absolute Gasteiger partial charge is 0.365 e. The van der Waals surface area contributed by atoms with Crippen LogP contribution in [0.25, 0.3) is 0 Å². The van der Waals surface area contributed by atoms with E-state index in [1.807, 2.05) is 0 Å². The van der Waals surface area contributed by atoms with Gasteiger partial charge in [-0.25, -0.2) is 13.9 Å². The highest BCUT2D eigenvalue weighted by atomic mass is 31.2.